The van der Waals surface area contributed by atoms with E-state index >= 15 is 0 Å². The van der Waals surface area contributed by atoms with Crippen LogP contribution in [0.4, 0.5) is 11.4 Å². The molecule has 0 spiro atoms. The Morgan fingerprint density at radius 2 is 2.11 bits per heavy atom. The van der Waals surface area contributed by atoms with Crippen LogP contribution in [-0.4, -0.2) is 17.4 Å². The maximum atomic E-state index is 12.0. The van der Waals surface area contributed by atoms with Crippen LogP contribution in [0.2, 0.25) is 0 Å². The summed E-state index contributed by atoms with van der Waals surface area (Å²) in [6, 6.07) is 6.13. The van der Waals surface area contributed by atoms with E-state index in [1.165, 1.54) is 12.1 Å². The maximum Gasteiger partial charge on any atom is 0.292 e. The summed E-state index contributed by atoms with van der Waals surface area (Å²) in [5.41, 5.74) is 5.75. The summed E-state index contributed by atoms with van der Waals surface area (Å²) in [5, 5.41) is 13.5. The lowest BCUT2D eigenvalue weighted by Crippen LogP contribution is -2.40. The van der Waals surface area contributed by atoms with Gasteiger partial charge in [-0.3, -0.25) is 14.9 Å². The van der Waals surface area contributed by atoms with Crippen molar-refractivity contribution in [3.8, 4) is 0 Å². The van der Waals surface area contributed by atoms with E-state index in [1.807, 2.05) is 0 Å². The third kappa shape index (κ3) is 2.90. The summed E-state index contributed by atoms with van der Waals surface area (Å²) in [6.45, 7) is 0.483. The first-order valence-corrected chi connectivity index (χ1v) is 6.30. The molecule has 1 amide bonds. The normalized spacial score (nSPS) is 16.5. The van der Waals surface area contributed by atoms with Crippen molar-refractivity contribution in [1.82, 2.24) is 0 Å². The second-order valence-corrected chi connectivity index (χ2v) is 5.06. The predicted octanol–water partition coefficient (Wildman–Crippen LogP) is 2.05. The van der Waals surface area contributed by atoms with Gasteiger partial charge in [0.1, 0.15) is 5.69 Å². The van der Waals surface area contributed by atoms with Crippen LogP contribution >= 0.6 is 0 Å². The minimum atomic E-state index is -0.502. The Morgan fingerprint density at radius 3 is 2.63 bits per heavy atom. The molecule has 6 nitrogen and oxygen atoms in total. The molecule has 0 heterocycles. The minimum Gasteiger partial charge on any atom is -0.330 e. The molecule has 0 aliphatic heterocycles. The molecule has 6 heteroatoms. The second kappa shape index (κ2) is 5.36. The SMILES string of the molecule is NCC1(CC(=O)Nc2ccccc2[N+](=O)[O-])CCC1. The molecule has 0 unspecified atom stereocenters. The fourth-order valence-corrected chi connectivity index (χ4v) is 2.40. The highest BCUT2D eigenvalue weighted by molar-refractivity contribution is 5.93. The zero-order valence-corrected chi connectivity index (χ0v) is 10.6. The van der Waals surface area contributed by atoms with Gasteiger partial charge in [-0.15, -0.1) is 0 Å². The van der Waals surface area contributed by atoms with E-state index in [0.29, 0.717) is 13.0 Å². The number of rotatable bonds is 5. The Morgan fingerprint density at radius 1 is 1.42 bits per heavy atom. The predicted molar refractivity (Wildman–Crippen MR) is 71.7 cm³/mol. The molecule has 19 heavy (non-hydrogen) atoms. The molecule has 102 valence electrons. The molecule has 1 aromatic rings. The van der Waals surface area contributed by atoms with Crippen molar-refractivity contribution in [2.75, 3.05) is 11.9 Å². The number of benzene rings is 1. The molecule has 0 bridgehead atoms. The molecule has 1 aromatic carbocycles. The van der Waals surface area contributed by atoms with Crippen molar-refractivity contribution in [3.63, 3.8) is 0 Å². The van der Waals surface area contributed by atoms with Crippen molar-refractivity contribution in [3.05, 3.63) is 34.4 Å². The number of hydrogen-bond acceptors (Lipinski definition) is 4. The Hall–Kier alpha value is -1.95. The molecule has 2 rings (SSSR count). The molecule has 1 fully saturated rings. The average Bonchev–Trinajstić information content (AvgIpc) is 2.34. The zero-order valence-electron chi connectivity index (χ0n) is 10.6. The third-order valence-corrected chi connectivity index (χ3v) is 3.76. The number of carbonyl (C=O) groups excluding carboxylic acids is 1. The molecular weight excluding hydrogens is 246 g/mol. The Balaban J connectivity index is 2.05. The van der Waals surface area contributed by atoms with E-state index in [0.717, 1.165) is 19.3 Å². The fourth-order valence-electron chi connectivity index (χ4n) is 2.40. The van der Waals surface area contributed by atoms with Gasteiger partial charge in [-0.2, -0.15) is 0 Å². The van der Waals surface area contributed by atoms with Crippen molar-refractivity contribution in [2.24, 2.45) is 11.1 Å². The fraction of sp³-hybridized carbons (Fsp3) is 0.462. The molecule has 3 N–H and O–H groups in total. The number of nitro benzene ring substituents is 1. The smallest absolute Gasteiger partial charge is 0.292 e. The quantitative estimate of drug-likeness (QED) is 0.627. The monoisotopic (exact) mass is 263 g/mol. The van der Waals surface area contributed by atoms with Crippen molar-refractivity contribution < 1.29 is 9.72 Å². The molecular formula is C13H17N3O3. The molecule has 0 aromatic heterocycles. The summed E-state index contributed by atoms with van der Waals surface area (Å²) in [7, 11) is 0. The standard InChI is InChI=1S/C13H17N3O3/c14-9-13(6-3-7-13)8-12(17)15-10-4-1-2-5-11(10)16(18)19/h1-2,4-5H,3,6-9,14H2,(H,15,17). The maximum absolute atomic E-state index is 12.0. The highest BCUT2D eigenvalue weighted by atomic mass is 16.6. The van der Waals surface area contributed by atoms with E-state index in [2.05, 4.69) is 5.32 Å². The Kier molecular flexibility index (Phi) is 3.80. The van der Waals surface area contributed by atoms with Crippen LogP contribution in [0.5, 0.6) is 0 Å². The van der Waals surface area contributed by atoms with Gasteiger partial charge in [0.25, 0.3) is 5.69 Å². The van der Waals surface area contributed by atoms with Crippen molar-refractivity contribution >= 4 is 17.3 Å². The van der Waals surface area contributed by atoms with Gasteiger partial charge in [0.05, 0.1) is 4.92 Å². The first-order valence-electron chi connectivity index (χ1n) is 6.30. The van der Waals surface area contributed by atoms with Crippen LogP contribution in [0.25, 0.3) is 0 Å². The molecule has 0 atom stereocenters. The largest absolute Gasteiger partial charge is 0.330 e. The van der Waals surface area contributed by atoms with Crippen LogP contribution in [0.15, 0.2) is 24.3 Å². The summed E-state index contributed by atoms with van der Waals surface area (Å²) in [5.74, 6) is -0.209. The lowest BCUT2D eigenvalue weighted by atomic mass is 9.66. The van der Waals surface area contributed by atoms with Crippen LogP contribution in [-0.2, 0) is 4.79 Å². The first-order chi connectivity index (χ1) is 9.06. The van der Waals surface area contributed by atoms with Crippen LogP contribution in [0.3, 0.4) is 0 Å². The third-order valence-electron chi connectivity index (χ3n) is 3.76. The van der Waals surface area contributed by atoms with Crippen LogP contribution < -0.4 is 11.1 Å². The Labute approximate surface area is 111 Å². The van der Waals surface area contributed by atoms with Crippen molar-refractivity contribution in [2.45, 2.75) is 25.7 Å². The van der Waals surface area contributed by atoms with E-state index in [1.54, 1.807) is 12.1 Å². The minimum absolute atomic E-state index is 0.0914. The van der Waals surface area contributed by atoms with E-state index in [4.69, 9.17) is 5.73 Å². The Bertz CT molecular complexity index is 492. The highest BCUT2D eigenvalue weighted by Gasteiger charge is 2.37. The van der Waals surface area contributed by atoms with E-state index in [-0.39, 0.29) is 22.7 Å². The summed E-state index contributed by atoms with van der Waals surface area (Å²) in [4.78, 5) is 22.3. The average molecular weight is 263 g/mol. The number of nitrogens with two attached hydrogens (primary N) is 1. The van der Waals surface area contributed by atoms with Gasteiger partial charge < -0.3 is 11.1 Å². The molecule has 1 saturated carbocycles. The topological polar surface area (TPSA) is 98.3 Å². The van der Waals surface area contributed by atoms with Gasteiger partial charge in [-0.25, -0.2) is 0 Å². The van der Waals surface area contributed by atoms with Crippen LogP contribution in [0.1, 0.15) is 25.7 Å². The number of amides is 1. The second-order valence-electron chi connectivity index (χ2n) is 5.06. The molecule has 0 radical (unpaired) electrons. The van der Waals surface area contributed by atoms with Crippen LogP contribution in [0, 0.1) is 15.5 Å². The van der Waals surface area contributed by atoms with Gasteiger partial charge in [0, 0.05) is 12.5 Å². The number of nitro groups is 1. The van der Waals surface area contributed by atoms with Crippen molar-refractivity contribution in [1.29, 1.82) is 0 Å². The van der Waals surface area contributed by atoms with Gasteiger partial charge >= 0.3 is 0 Å². The van der Waals surface area contributed by atoms with Gasteiger partial charge in [-0.05, 0) is 30.9 Å². The number of nitrogens with one attached hydrogen (secondary N) is 1. The number of anilines is 1. The zero-order chi connectivity index (χ0) is 13.9. The number of hydrogen-bond donors (Lipinski definition) is 2. The van der Waals surface area contributed by atoms with E-state index in [9.17, 15) is 14.9 Å². The number of nitrogens with zero attached hydrogens (tertiary/aromatic N) is 1. The molecule has 1 aliphatic carbocycles. The first kappa shape index (κ1) is 13.5. The summed E-state index contributed by atoms with van der Waals surface area (Å²) >= 11 is 0. The molecule has 1 aliphatic rings. The lowest BCUT2D eigenvalue weighted by Gasteiger charge is -2.40. The molecule has 0 saturated heterocycles. The lowest BCUT2D eigenvalue weighted by molar-refractivity contribution is -0.383. The summed E-state index contributed by atoms with van der Waals surface area (Å²) < 4.78 is 0. The van der Waals surface area contributed by atoms with Gasteiger partial charge in [0.2, 0.25) is 5.91 Å². The van der Waals surface area contributed by atoms with Gasteiger partial charge in [0.15, 0.2) is 0 Å². The summed E-state index contributed by atoms with van der Waals surface area (Å²) in [6.07, 6.45) is 3.33. The highest BCUT2D eigenvalue weighted by Crippen LogP contribution is 2.43. The van der Waals surface area contributed by atoms with E-state index < -0.39 is 4.92 Å². The number of carbonyl (C=O) groups is 1. The number of para-hydroxylation sites is 2. The van der Waals surface area contributed by atoms with Gasteiger partial charge in [-0.1, -0.05) is 18.6 Å².